The number of fused-ring (bicyclic) bond motifs is 2. The number of hydrogen-bond acceptors (Lipinski definition) is 8. The molecule has 3 saturated heterocycles. The van der Waals surface area contributed by atoms with Crippen molar-refractivity contribution >= 4 is 29.5 Å². The van der Waals surface area contributed by atoms with Crippen LogP contribution in [0.5, 0.6) is 0 Å². The van der Waals surface area contributed by atoms with Gasteiger partial charge in [-0.2, -0.15) is 0 Å². The minimum absolute atomic E-state index is 0.0135. The minimum Gasteiger partial charge on any atom is -0.465 e. The van der Waals surface area contributed by atoms with E-state index >= 15 is 0 Å². The van der Waals surface area contributed by atoms with E-state index in [2.05, 4.69) is 17.1 Å². The first-order valence-corrected chi connectivity index (χ1v) is 15.3. The van der Waals surface area contributed by atoms with Gasteiger partial charge in [0.15, 0.2) is 0 Å². The summed E-state index contributed by atoms with van der Waals surface area (Å²) in [5.74, 6) is -2.18. The molecule has 1 unspecified atom stereocenters. The summed E-state index contributed by atoms with van der Waals surface area (Å²) < 4.78 is 9.56. The van der Waals surface area contributed by atoms with Gasteiger partial charge in [0.2, 0.25) is 11.8 Å². The number of esters is 1. The lowest BCUT2D eigenvalue weighted by atomic mass is 9.74. The molecule has 0 aliphatic carbocycles. The van der Waals surface area contributed by atoms with Crippen LogP contribution in [0.4, 0.5) is 0 Å². The maximum atomic E-state index is 14.5. The third kappa shape index (κ3) is 4.96. The average Bonchev–Trinajstić information content (AvgIpc) is 3.28. The first-order valence-electron chi connectivity index (χ1n) is 14.5. The molecule has 0 saturated carbocycles. The summed E-state index contributed by atoms with van der Waals surface area (Å²) in [5.41, 5.74) is 0. The quantitative estimate of drug-likeness (QED) is 0.371. The number of carbonyl (C=O) groups excluding carboxylic acids is 3. The number of likely N-dealkylation sites (tertiary alicyclic amines) is 1. The molecule has 1 spiro atoms. The van der Waals surface area contributed by atoms with Crippen molar-refractivity contribution in [1.82, 2.24) is 14.7 Å². The molecule has 39 heavy (non-hydrogen) atoms. The standard InChI is InChI=1S/C29H43N3O6S/c1-4-20(2)21(19-33)32-24-26(35)31(13-12-30-14-17-37-18-15-30)11-8-10-29(24)22(25(32)34)23-27(36)38-16-7-5-6-9-28(23,3)39-29/h6,8-10,20-24,33H,4-5,7,11-19H2,1-3H3/b9-6-/t20-,21-,22-,23+,24?,28-,29-/m0/s1. The van der Waals surface area contributed by atoms with Gasteiger partial charge in [-0.3, -0.25) is 19.3 Å². The van der Waals surface area contributed by atoms with Crippen molar-refractivity contribution in [1.29, 1.82) is 0 Å². The molecular formula is C29H43N3O6S. The van der Waals surface area contributed by atoms with Crippen molar-refractivity contribution in [2.45, 2.75) is 61.6 Å². The predicted molar refractivity (Wildman–Crippen MR) is 149 cm³/mol. The van der Waals surface area contributed by atoms with Crippen LogP contribution in [-0.2, 0) is 23.9 Å². The molecule has 5 aliphatic heterocycles. The number of rotatable bonds is 7. The van der Waals surface area contributed by atoms with E-state index in [0.717, 1.165) is 38.9 Å². The van der Waals surface area contributed by atoms with Gasteiger partial charge in [-0.25, -0.2) is 0 Å². The number of morpholine rings is 1. The Hall–Kier alpha value is -1.88. The van der Waals surface area contributed by atoms with E-state index in [9.17, 15) is 19.5 Å². The zero-order valence-electron chi connectivity index (χ0n) is 23.4. The number of aliphatic hydroxyl groups excluding tert-OH is 1. The van der Waals surface area contributed by atoms with Gasteiger partial charge < -0.3 is 24.4 Å². The van der Waals surface area contributed by atoms with Crippen LogP contribution in [0.3, 0.4) is 0 Å². The molecule has 216 valence electrons. The van der Waals surface area contributed by atoms with E-state index in [-0.39, 0.29) is 30.3 Å². The SMILES string of the molecule is CC[C@H](C)[C@H](CO)N1C(=O)[C@@H]2[C@@H]3C(=O)OCCC/C=C\[C@]3(C)S[C@@]23C=CCN(CCN2CCOCC2)C(=O)C13. The lowest BCUT2D eigenvalue weighted by molar-refractivity contribution is -0.155. The van der Waals surface area contributed by atoms with Crippen LogP contribution in [0.2, 0.25) is 0 Å². The fourth-order valence-corrected chi connectivity index (χ4v) is 9.22. The Balaban J connectivity index is 1.56. The number of thioether (sulfide) groups is 1. The van der Waals surface area contributed by atoms with Crippen molar-refractivity contribution in [3.05, 3.63) is 24.3 Å². The summed E-state index contributed by atoms with van der Waals surface area (Å²) in [7, 11) is 0. The smallest absolute Gasteiger partial charge is 0.311 e. The third-order valence-corrected chi connectivity index (χ3v) is 11.2. The maximum absolute atomic E-state index is 14.5. The van der Waals surface area contributed by atoms with Gasteiger partial charge in [-0.1, -0.05) is 44.6 Å². The first kappa shape index (κ1) is 28.6. The number of carbonyl (C=O) groups is 3. The highest BCUT2D eigenvalue weighted by atomic mass is 32.2. The molecule has 0 aromatic rings. The predicted octanol–water partition coefficient (Wildman–Crippen LogP) is 1.70. The number of amides is 2. The molecule has 2 amide bonds. The van der Waals surface area contributed by atoms with Crippen LogP contribution in [0.25, 0.3) is 0 Å². The average molecular weight is 562 g/mol. The van der Waals surface area contributed by atoms with Crippen LogP contribution in [0, 0.1) is 17.8 Å². The number of hydrogen-bond donors (Lipinski definition) is 1. The molecular weight excluding hydrogens is 518 g/mol. The third-order valence-electron chi connectivity index (χ3n) is 9.41. The molecule has 0 aromatic carbocycles. The molecule has 5 heterocycles. The first-order chi connectivity index (χ1) is 18.8. The Morgan fingerprint density at radius 2 is 1.85 bits per heavy atom. The molecule has 0 radical (unpaired) electrons. The Labute approximate surface area is 235 Å². The zero-order valence-corrected chi connectivity index (χ0v) is 24.2. The molecule has 1 N–H and O–H groups in total. The number of allylic oxidation sites excluding steroid dienone is 1. The van der Waals surface area contributed by atoms with Gasteiger partial charge in [-0.15, -0.1) is 11.8 Å². The van der Waals surface area contributed by atoms with Gasteiger partial charge in [0, 0.05) is 37.5 Å². The van der Waals surface area contributed by atoms with E-state index in [4.69, 9.17) is 9.47 Å². The van der Waals surface area contributed by atoms with E-state index in [1.807, 2.05) is 37.8 Å². The topological polar surface area (TPSA) is 99.6 Å². The molecule has 0 bridgehead atoms. The number of nitrogens with zero attached hydrogens (tertiary/aromatic N) is 3. The lowest BCUT2D eigenvalue weighted by Gasteiger charge is -2.41. The largest absolute Gasteiger partial charge is 0.465 e. The molecule has 3 fully saturated rings. The summed E-state index contributed by atoms with van der Waals surface area (Å²) in [6, 6.07) is -1.32. The number of cyclic esters (lactones) is 1. The van der Waals surface area contributed by atoms with Crippen molar-refractivity contribution in [2.24, 2.45) is 17.8 Å². The van der Waals surface area contributed by atoms with Crippen LogP contribution in [-0.4, -0.2) is 118 Å². The lowest BCUT2D eigenvalue weighted by Crippen LogP contribution is -2.58. The fraction of sp³-hybridized carbons (Fsp3) is 0.759. The van der Waals surface area contributed by atoms with Crippen molar-refractivity contribution in [3.63, 3.8) is 0 Å². The summed E-state index contributed by atoms with van der Waals surface area (Å²) in [6.07, 6.45) is 10.5. The van der Waals surface area contributed by atoms with Gasteiger partial charge in [0.05, 0.1) is 49.1 Å². The van der Waals surface area contributed by atoms with Crippen LogP contribution >= 0.6 is 11.8 Å². The normalized spacial score (nSPS) is 37.6. The highest BCUT2D eigenvalue weighted by Crippen LogP contribution is 2.65. The van der Waals surface area contributed by atoms with E-state index < -0.39 is 33.4 Å². The second-order valence-electron chi connectivity index (χ2n) is 11.7. The summed E-state index contributed by atoms with van der Waals surface area (Å²) in [4.78, 5) is 48.4. The monoisotopic (exact) mass is 561 g/mol. The highest BCUT2D eigenvalue weighted by Gasteiger charge is 2.74. The van der Waals surface area contributed by atoms with Crippen LogP contribution < -0.4 is 0 Å². The van der Waals surface area contributed by atoms with E-state index in [1.165, 1.54) is 0 Å². The van der Waals surface area contributed by atoms with Crippen molar-refractivity contribution < 1.29 is 29.0 Å². The molecule has 5 aliphatic rings. The fourth-order valence-electron chi connectivity index (χ4n) is 7.08. The van der Waals surface area contributed by atoms with Crippen molar-refractivity contribution in [3.8, 4) is 0 Å². The zero-order chi connectivity index (χ0) is 27.8. The number of aliphatic hydroxyl groups is 1. The highest BCUT2D eigenvalue weighted by molar-refractivity contribution is 8.02. The molecule has 9 nitrogen and oxygen atoms in total. The van der Waals surface area contributed by atoms with Gasteiger partial charge >= 0.3 is 5.97 Å². The Bertz CT molecular complexity index is 1010. The minimum atomic E-state index is -0.926. The van der Waals surface area contributed by atoms with Gasteiger partial charge in [-0.05, 0) is 25.7 Å². The molecule has 5 rings (SSSR count). The molecule has 0 aromatic heterocycles. The van der Waals surface area contributed by atoms with Crippen LogP contribution in [0.1, 0.15) is 40.0 Å². The van der Waals surface area contributed by atoms with Gasteiger partial charge in [0.25, 0.3) is 0 Å². The van der Waals surface area contributed by atoms with Crippen molar-refractivity contribution in [2.75, 3.05) is 59.2 Å². The second kappa shape index (κ2) is 11.5. The van der Waals surface area contributed by atoms with E-state index in [0.29, 0.717) is 32.9 Å². The summed E-state index contributed by atoms with van der Waals surface area (Å²) in [5, 5.41) is 10.5. The number of ether oxygens (including phenoxy) is 2. The second-order valence-corrected chi connectivity index (χ2v) is 13.5. The Kier molecular flexibility index (Phi) is 8.48. The maximum Gasteiger partial charge on any atom is 0.311 e. The summed E-state index contributed by atoms with van der Waals surface area (Å²) in [6.45, 7) is 10.9. The van der Waals surface area contributed by atoms with Crippen LogP contribution in [0.15, 0.2) is 24.3 Å². The van der Waals surface area contributed by atoms with Gasteiger partial charge in [0.1, 0.15) is 6.04 Å². The Morgan fingerprint density at radius 1 is 1.08 bits per heavy atom. The Morgan fingerprint density at radius 3 is 2.56 bits per heavy atom. The molecule has 10 heteroatoms. The molecule has 7 atom stereocenters. The summed E-state index contributed by atoms with van der Waals surface area (Å²) >= 11 is 1.56. The van der Waals surface area contributed by atoms with E-state index in [1.54, 1.807) is 16.7 Å².